The molecule has 1 N–H and O–H groups in total. The maximum absolute atomic E-state index is 11.0. The lowest BCUT2D eigenvalue weighted by Crippen LogP contribution is -2.04. The molecular formula is C15H18N2O2. The smallest absolute Gasteiger partial charge is 0.356 e. The molecule has 0 atom stereocenters. The fourth-order valence-corrected chi connectivity index (χ4v) is 2.04. The number of hydrogen-bond acceptors (Lipinski definition) is 2. The zero-order valence-corrected chi connectivity index (χ0v) is 11.5. The zero-order chi connectivity index (χ0) is 14.0. The van der Waals surface area contributed by atoms with Gasteiger partial charge < -0.3 is 5.11 Å². The molecule has 4 heteroatoms. The molecule has 0 saturated heterocycles. The van der Waals surface area contributed by atoms with Gasteiger partial charge in [0.25, 0.3) is 0 Å². The van der Waals surface area contributed by atoms with E-state index in [1.807, 2.05) is 19.1 Å². The van der Waals surface area contributed by atoms with Crippen molar-refractivity contribution in [2.75, 3.05) is 0 Å². The predicted molar refractivity (Wildman–Crippen MR) is 74.4 cm³/mol. The first kappa shape index (κ1) is 13.3. The molecule has 0 saturated carbocycles. The SMILES string of the molecule is CCCn1nc(C(=O)O)cc1-c1ccc(C)c(C)c1. The average molecular weight is 258 g/mol. The topological polar surface area (TPSA) is 55.1 Å². The fourth-order valence-electron chi connectivity index (χ4n) is 2.04. The Bertz CT molecular complexity index is 615. The maximum atomic E-state index is 11.0. The van der Waals surface area contributed by atoms with Gasteiger partial charge >= 0.3 is 5.97 Å². The van der Waals surface area contributed by atoms with E-state index in [1.54, 1.807) is 10.7 Å². The predicted octanol–water partition coefficient (Wildman–Crippen LogP) is 3.28. The normalized spacial score (nSPS) is 10.7. The molecular weight excluding hydrogens is 240 g/mol. The van der Waals surface area contributed by atoms with Gasteiger partial charge in [-0.3, -0.25) is 4.68 Å². The van der Waals surface area contributed by atoms with Gasteiger partial charge in [-0.15, -0.1) is 0 Å². The lowest BCUT2D eigenvalue weighted by molar-refractivity contribution is 0.0689. The second-order valence-corrected chi connectivity index (χ2v) is 4.74. The minimum atomic E-state index is -0.986. The van der Waals surface area contributed by atoms with Crippen LogP contribution < -0.4 is 0 Å². The quantitative estimate of drug-likeness (QED) is 0.915. The van der Waals surface area contributed by atoms with Crippen LogP contribution in [0.25, 0.3) is 11.3 Å². The lowest BCUT2D eigenvalue weighted by Gasteiger charge is -2.08. The van der Waals surface area contributed by atoms with Crippen LogP contribution in [0.2, 0.25) is 0 Å². The van der Waals surface area contributed by atoms with Gasteiger partial charge in [0.1, 0.15) is 0 Å². The largest absolute Gasteiger partial charge is 0.476 e. The van der Waals surface area contributed by atoms with Crippen molar-refractivity contribution >= 4 is 5.97 Å². The molecule has 0 fully saturated rings. The second kappa shape index (κ2) is 5.26. The number of aryl methyl sites for hydroxylation is 3. The highest BCUT2D eigenvalue weighted by Crippen LogP contribution is 2.23. The fraction of sp³-hybridized carbons (Fsp3) is 0.333. The molecule has 0 aliphatic heterocycles. The van der Waals surface area contributed by atoms with Crippen LogP contribution in [0.3, 0.4) is 0 Å². The summed E-state index contributed by atoms with van der Waals surface area (Å²) in [6.45, 7) is 6.88. The highest BCUT2D eigenvalue weighted by Gasteiger charge is 2.14. The monoisotopic (exact) mass is 258 g/mol. The third kappa shape index (κ3) is 2.67. The second-order valence-electron chi connectivity index (χ2n) is 4.74. The van der Waals surface area contributed by atoms with E-state index in [4.69, 9.17) is 5.11 Å². The van der Waals surface area contributed by atoms with E-state index in [1.165, 1.54) is 11.1 Å². The van der Waals surface area contributed by atoms with Gasteiger partial charge in [-0.25, -0.2) is 4.79 Å². The number of rotatable bonds is 4. The van der Waals surface area contributed by atoms with Crippen molar-refractivity contribution in [2.24, 2.45) is 0 Å². The molecule has 0 radical (unpaired) electrons. The summed E-state index contributed by atoms with van der Waals surface area (Å²) in [5.41, 5.74) is 4.39. The Hall–Kier alpha value is -2.10. The molecule has 2 aromatic rings. The molecule has 0 aliphatic carbocycles. The number of carboxylic acids is 1. The summed E-state index contributed by atoms with van der Waals surface area (Å²) in [6, 6.07) is 7.78. The number of aromatic nitrogens is 2. The summed E-state index contributed by atoms with van der Waals surface area (Å²) in [5.74, 6) is -0.986. The standard InChI is InChI=1S/C15H18N2O2/c1-4-7-17-14(9-13(16-17)15(18)19)12-6-5-10(2)11(3)8-12/h5-6,8-9H,4,7H2,1-3H3,(H,18,19). The molecule has 0 unspecified atom stereocenters. The minimum Gasteiger partial charge on any atom is -0.476 e. The van der Waals surface area contributed by atoms with Crippen LogP contribution in [-0.2, 0) is 6.54 Å². The van der Waals surface area contributed by atoms with Gasteiger partial charge in [0, 0.05) is 12.1 Å². The zero-order valence-electron chi connectivity index (χ0n) is 11.5. The Kier molecular flexibility index (Phi) is 3.69. The van der Waals surface area contributed by atoms with E-state index in [0.717, 1.165) is 24.2 Å². The molecule has 2 rings (SSSR count). The molecule has 1 aromatic heterocycles. The first-order valence-electron chi connectivity index (χ1n) is 6.41. The third-order valence-corrected chi connectivity index (χ3v) is 3.24. The third-order valence-electron chi connectivity index (χ3n) is 3.24. The van der Waals surface area contributed by atoms with Crippen LogP contribution in [-0.4, -0.2) is 20.9 Å². The van der Waals surface area contributed by atoms with Crippen LogP contribution >= 0.6 is 0 Å². The van der Waals surface area contributed by atoms with Crippen LogP contribution in [0.15, 0.2) is 24.3 Å². The number of nitrogens with zero attached hydrogens (tertiary/aromatic N) is 2. The Morgan fingerprint density at radius 3 is 2.58 bits per heavy atom. The van der Waals surface area contributed by atoms with E-state index in [2.05, 4.69) is 25.0 Å². The number of benzene rings is 1. The van der Waals surface area contributed by atoms with E-state index in [0.29, 0.717) is 0 Å². The summed E-state index contributed by atoms with van der Waals surface area (Å²) in [7, 11) is 0. The molecule has 1 heterocycles. The van der Waals surface area contributed by atoms with Gasteiger partial charge in [0.2, 0.25) is 0 Å². The van der Waals surface area contributed by atoms with Gasteiger partial charge in [-0.1, -0.05) is 19.1 Å². The molecule has 100 valence electrons. The van der Waals surface area contributed by atoms with Crippen molar-refractivity contribution in [1.29, 1.82) is 0 Å². The number of carbonyl (C=O) groups is 1. The van der Waals surface area contributed by atoms with Crippen molar-refractivity contribution in [3.63, 3.8) is 0 Å². The van der Waals surface area contributed by atoms with Crippen LogP contribution in [0, 0.1) is 13.8 Å². The summed E-state index contributed by atoms with van der Waals surface area (Å²) < 4.78 is 1.77. The summed E-state index contributed by atoms with van der Waals surface area (Å²) in [5, 5.41) is 13.2. The van der Waals surface area contributed by atoms with Crippen molar-refractivity contribution in [3.8, 4) is 11.3 Å². The first-order chi connectivity index (χ1) is 9.02. The number of hydrogen-bond donors (Lipinski definition) is 1. The van der Waals surface area contributed by atoms with Gasteiger partial charge in [-0.05, 0) is 43.5 Å². The van der Waals surface area contributed by atoms with Gasteiger partial charge in [-0.2, -0.15) is 5.10 Å². The summed E-state index contributed by atoms with van der Waals surface area (Å²) >= 11 is 0. The first-order valence-corrected chi connectivity index (χ1v) is 6.41. The molecule has 1 aromatic carbocycles. The molecule has 0 spiro atoms. The van der Waals surface area contributed by atoms with Crippen molar-refractivity contribution in [3.05, 3.63) is 41.1 Å². The summed E-state index contributed by atoms with van der Waals surface area (Å²) in [4.78, 5) is 11.0. The lowest BCUT2D eigenvalue weighted by atomic mass is 10.0. The van der Waals surface area contributed by atoms with E-state index >= 15 is 0 Å². The molecule has 0 bridgehead atoms. The average Bonchev–Trinajstić information content (AvgIpc) is 2.77. The number of carboxylic acid groups (broad SMARTS) is 1. The van der Waals surface area contributed by atoms with Crippen LogP contribution in [0.4, 0.5) is 0 Å². The Morgan fingerprint density at radius 1 is 1.26 bits per heavy atom. The number of aromatic carboxylic acids is 1. The molecule has 19 heavy (non-hydrogen) atoms. The summed E-state index contributed by atoms with van der Waals surface area (Å²) in [6.07, 6.45) is 0.915. The van der Waals surface area contributed by atoms with Crippen molar-refractivity contribution in [2.45, 2.75) is 33.7 Å². The van der Waals surface area contributed by atoms with E-state index in [9.17, 15) is 4.79 Å². The van der Waals surface area contributed by atoms with E-state index in [-0.39, 0.29) is 5.69 Å². The Balaban J connectivity index is 2.52. The maximum Gasteiger partial charge on any atom is 0.356 e. The van der Waals surface area contributed by atoms with Crippen LogP contribution in [0.5, 0.6) is 0 Å². The van der Waals surface area contributed by atoms with E-state index < -0.39 is 5.97 Å². The minimum absolute atomic E-state index is 0.0988. The van der Waals surface area contributed by atoms with Gasteiger partial charge in [0.15, 0.2) is 5.69 Å². The highest BCUT2D eigenvalue weighted by molar-refractivity contribution is 5.87. The van der Waals surface area contributed by atoms with Crippen molar-refractivity contribution in [1.82, 2.24) is 9.78 Å². The molecule has 0 aliphatic rings. The molecule has 4 nitrogen and oxygen atoms in total. The molecule has 0 amide bonds. The van der Waals surface area contributed by atoms with Gasteiger partial charge in [0.05, 0.1) is 5.69 Å². The highest BCUT2D eigenvalue weighted by atomic mass is 16.4. The van der Waals surface area contributed by atoms with Crippen LogP contribution in [0.1, 0.15) is 35.0 Å². The Labute approximate surface area is 112 Å². The van der Waals surface area contributed by atoms with Crippen molar-refractivity contribution < 1.29 is 9.90 Å². The Morgan fingerprint density at radius 2 is 2.00 bits per heavy atom.